The lowest BCUT2D eigenvalue weighted by atomic mass is 9.86. The number of carbonyl (C=O) groups excluding carboxylic acids is 2. The predicted molar refractivity (Wildman–Crippen MR) is 126 cm³/mol. The van der Waals surface area contributed by atoms with Crippen LogP contribution in [0.4, 0.5) is 0 Å². The molecule has 0 amide bonds. The number of Topliss-reactive ketones (excluding diaryl/α,β-unsaturated/α-hetero) is 1. The van der Waals surface area contributed by atoms with E-state index in [1.165, 1.54) is 19.3 Å². The first kappa shape index (κ1) is 30.7. The first-order valence-corrected chi connectivity index (χ1v) is 12.8. The van der Waals surface area contributed by atoms with Crippen molar-refractivity contribution in [1.29, 1.82) is 0 Å². The number of esters is 1. The van der Waals surface area contributed by atoms with E-state index in [2.05, 4.69) is 11.8 Å². The van der Waals surface area contributed by atoms with Crippen LogP contribution in [0.2, 0.25) is 0 Å². The second kappa shape index (κ2) is 18.9. The summed E-state index contributed by atoms with van der Waals surface area (Å²) in [6.45, 7) is 2.34. The molecule has 1 aliphatic carbocycles. The summed E-state index contributed by atoms with van der Waals surface area (Å²) in [5.41, 5.74) is 0. The quantitative estimate of drug-likeness (QED) is 0.0865. The van der Waals surface area contributed by atoms with Gasteiger partial charge in [-0.05, 0) is 50.4 Å². The topological polar surface area (TPSA) is 137 Å². The third-order valence-corrected chi connectivity index (χ3v) is 6.42. The van der Waals surface area contributed by atoms with Gasteiger partial charge in [0.25, 0.3) is 0 Å². The smallest absolute Gasteiger partial charge is 0.305 e. The number of ether oxygens (including phenoxy) is 1. The van der Waals surface area contributed by atoms with E-state index in [1.807, 2.05) is 12.2 Å². The van der Waals surface area contributed by atoms with Crippen molar-refractivity contribution < 1.29 is 39.8 Å². The summed E-state index contributed by atoms with van der Waals surface area (Å²) >= 11 is 0. The summed E-state index contributed by atoms with van der Waals surface area (Å²) in [5, 5.41) is 37.1. The highest BCUT2D eigenvalue weighted by atomic mass is 17.1. The highest BCUT2D eigenvalue weighted by molar-refractivity contribution is 5.78. The van der Waals surface area contributed by atoms with Gasteiger partial charge in [-0.15, -0.1) is 0 Å². The Labute approximate surface area is 203 Å². The Bertz CT molecular complexity index is 583. The van der Waals surface area contributed by atoms with E-state index >= 15 is 0 Å². The fraction of sp³-hybridized carbons (Fsp3) is 0.840. The molecule has 9 heteroatoms. The Morgan fingerprint density at radius 2 is 1.62 bits per heavy atom. The monoisotopic (exact) mass is 487 g/mol. The SMILES string of the molecule is CCCCCCCC(=O)CC[C@@H]1[C@@H](C/C=C\CCCC(=O)OCCCON(O)O)[C@@H](O)C[C@H]1O. The third kappa shape index (κ3) is 14.1. The summed E-state index contributed by atoms with van der Waals surface area (Å²) in [6.07, 6.45) is 13.1. The van der Waals surface area contributed by atoms with Gasteiger partial charge in [-0.1, -0.05) is 44.8 Å². The molecular formula is C25H45NO8. The first-order chi connectivity index (χ1) is 16.3. The number of rotatable bonds is 20. The second-order valence-corrected chi connectivity index (χ2v) is 9.20. The van der Waals surface area contributed by atoms with E-state index in [9.17, 15) is 19.8 Å². The summed E-state index contributed by atoms with van der Waals surface area (Å²) in [6, 6.07) is 0. The minimum Gasteiger partial charge on any atom is -0.466 e. The molecule has 0 heterocycles. The maximum atomic E-state index is 12.2. The van der Waals surface area contributed by atoms with Crippen LogP contribution >= 0.6 is 0 Å². The maximum Gasteiger partial charge on any atom is 0.305 e. The molecule has 1 fully saturated rings. The van der Waals surface area contributed by atoms with Gasteiger partial charge in [0.15, 0.2) is 0 Å². The van der Waals surface area contributed by atoms with Crippen LogP contribution in [-0.2, 0) is 19.2 Å². The van der Waals surface area contributed by atoms with E-state index in [4.69, 9.17) is 15.2 Å². The summed E-state index contributed by atoms with van der Waals surface area (Å²) < 4.78 is 5.03. The van der Waals surface area contributed by atoms with Gasteiger partial charge in [-0.3, -0.25) is 24.8 Å². The normalized spacial score (nSPS) is 22.6. The van der Waals surface area contributed by atoms with Crippen molar-refractivity contribution >= 4 is 11.8 Å². The van der Waals surface area contributed by atoms with E-state index in [0.717, 1.165) is 12.8 Å². The number of aliphatic hydroxyl groups excluding tert-OH is 2. The molecule has 4 N–H and O–H groups in total. The standard InChI is InChI=1S/C25H45NO8/c1-2-3-4-5-8-12-20(27)15-16-22-21(23(28)19-24(22)29)13-9-6-7-10-14-25(30)33-17-11-18-34-26(31)32/h6,9,21-24,28-29,31-32H,2-5,7-8,10-19H2,1H3/b9-6-/t21-,22-,23+,24-/m1/s1. The molecule has 0 saturated heterocycles. The van der Waals surface area contributed by atoms with Crippen LogP contribution in [0.15, 0.2) is 12.2 Å². The van der Waals surface area contributed by atoms with Gasteiger partial charge in [-0.2, -0.15) is 0 Å². The number of allylic oxidation sites excluding steroid dienone is 2. The van der Waals surface area contributed by atoms with E-state index in [-0.39, 0.29) is 48.6 Å². The van der Waals surface area contributed by atoms with Gasteiger partial charge in [0.05, 0.1) is 30.8 Å². The van der Waals surface area contributed by atoms with Crippen molar-refractivity contribution in [1.82, 2.24) is 5.39 Å². The highest BCUT2D eigenvalue weighted by Crippen LogP contribution is 2.38. The summed E-state index contributed by atoms with van der Waals surface area (Å²) in [7, 11) is 0. The minimum absolute atomic E-state index is 0.0267. The van der Waals surface area contributed by atoms with E-state index in [0.29, 0.717) is 51.4 Å². The molecule has 0 radical (unpaired) electrons. The van der Waals surface area contributed by atoms with E-state index < -0.39 is 12.2 Å². The number of hydrogen-bond donors (Lipinski definition) is 4. The van der Waals surface area contributed by atoms with Crippen LogP contribution in [-0.4, -0.2) is 63.2 Å². The molecule has 4 atom stereocenters. The lowest BCUT2D eigenvalue weighted by Crippen LogP contribution is -2.22. The number of aliphatic hydroxyl groups is 2. The average molecular weight is 488 g/mol. The van der Waals surface area contributed by atoms with Crippen molar-refractivity contribution in [2.45, 2.75) is 109 Å². The molecule has 34 heavy (non-hydrogen) atoms. The number of unbranched alkanes of at least 4 members (excludes halogenated alkanes) is 5. The van der Waals surface area contributed by atoms with Gasteiger partial charge in [0.1, 0.15) is 5.78 Å². The average Bonchev–Trinajstić information content (AvgIpc) is 3.06. The molecule has 0 aromatic heterocycles. The Morgan fingerprint density at radius 1 is 0.882 bits per heavy atom. The Hall–Kier alpha value is -1.36. The predicted octanol–water partition coefficient (Wildman–Crippen LogP) is 4.12. The minimum atomic E-state index is -0.566. The summed E-state index contributed by atoms with van der Waals surface area (Å²) in [4.78, 5) is 28.2. The number of hydrogen-bond acceptors (Lipinski definition) is 9. The molecule has 1 aliphatic rings. The van der Waals surface area contributed by atoms with Crippen LogP contribution < -0.4 is 0 Å². The Kier molecular flexibility index (Phi) is 17.1. The molecule has 0 bridgehead atoms. The number of carbonyl (C=O) groups is 2. The van der Waals surface area contributed by atoms with Gasteiger partial charge < -0.3 is 14.9 Å². The van der Waals surface area contributed by atoms with E-state index in [1.54, 1.807) is 0 Å². The van der Waals surface area contributed by atoms with Crippen molar-refractivity contribution in [3.8, 4) is 0 Å². The van der Waals surface area contributed by atoms with Crippen LogP contribution in [0.1, 0.15) is 96.8 Å². The maximum absolute atomic E-state index is 12.2. The zero-order valence-electron chi connectivity index (χ0n) is 20.6. The fourth-order valence-electron chi connectivity index (χ4n) is 4.48. The van der Waals surface area contributed by atoms with Crippen molar-refractivity contribution in [3.63, 3.8) is 0 Å². The highest BCUT2D eigenvalue weighted by Gasteiger charge is 2.40. The van der Waals surface area contributed by atoms with Crippen molar-refractivity contribution in [2.75, 3.05) is 13.2 Å². The molecule has 0 spiro atoms. The lowest BCUT2D eigenvalue weighted by Gasteiger charge is -2.22. The molecular weight excluding hydrogens is 442 g/mol. The third-order valence-electron chi connectivity index (χ3n) is 6.42. The molecule has 9 nitrogen and oxygen atoms in total. The lowest BCUT2D eigenvalue weighted by molar-refractivity contribution is -0.492. The van der Waals surface area contributed by atoms with Crippen LogP contribution in [0.3, 0.4) is 0 Å². The van der Waals surface area contributed by atoms with Gasteiger partial charge in [0.2, 0.25) is 0 Å². The van der Waals surface area contributed by atoms with Crippen LogP contribution in [0.5, 0.6) is 0 Å². The molecule has 1 saturated carbocycles. The van der Waals surface area contributed by atoms with Crippen molar-refractivity contribution in [2.24, 2.45) is 11.8 Å². The van der Waals surface area contributed by atoms with Gasteiger partial charge in [0, 0.05) is 25.7 Å². The summed E-state index contributed by atoms with van der Waals surface area (Å²) in [5.74, 6) is -0.179. The van der Waals surface area contributed by atoms with Crippen molar-refractivity contribution in [3.05, 3.63) is 12.2 Å². The largest absolute Gasteiger partial charge is 0.466 e. The molecule has 0 unspecified atom stereocenters. The molecule has 0 aromatic rings. The Morgan fingerprint density at radius 3 is 2.35 bits per heavy atom. The molecule has 1 rings (SSSR count). The molecule has 0 aliphatic heterocycles. The number of ketones is 1. The molecule has 198 valence electrons. The second-order valence-electron chi connectivity index (χ2n) is 9.20. The van der Waals surface area contributed by atoms with Gasteiger partial charge in [-0.25, -0.2) is 0 Å². The Balaban J connectivity index is 2.22. The van der Waals surface area contributed by atoms with Crippen LogP contribution in [0, 0.1) is 11.8 Å². The van der Waals surface area contributed by atoms with Crippen LogP contribution in [0.25, 0.3) is 0 Å². The zero-order chi connectivity index (χ0) is 25.2. The van der Waals surface area contributed by atoms with Gasteiger partial charge >= 0.3 is 5.97 Å². The fourth-order valence-corrected chi connectivity index (χ4v) is 4.48. The zero-order valence-corrected chi connectivity index (χ0v) is 20.6. The number of nitrogens with zero attached hydrogens (tertiary/aromatic N) is 1. The molecule has 0 aromatic carbocycles. The first-order valence-electron chi connectivity index (χ1n) is 12.8.